The Hall–Kier alpha value is -5.88. The molecule has 1 fully saturated rings. The standard InChI is InChI=1S/C38H38N4O8/c1-47-31-21-26(22-32(48-2)36(31)49-3)34(37(45)39-27-13-15-28(16-14-27)40-17-19-50-20-18-40)42(23-25-9-5-4-6-10-25)33(43)24-41-30-12-8-7-11-29(30)35(44)38(41)46/h4-16,21-22,34H,17-20,23-24H2,1-3H3,(H,39,45). The molecule has 0 radical (unpaired) electrons. The van der Waals surface area contributed by atoms with Gasteiger partial charge in [-0.25, -0.2) is 0 Å². The topological polar surface area (TPSA) is 127 Å². The van der Waals surface area contributed by atoms with Gasteiger partial charge in [-0.2, -0.15) is 0 Å². The quantitative estimate of drug-likeness (QED) is 0.216. The number of carbonyl (C=O) groups is 4. The number of morpholine rings is 1. The predicted octanol–water partition coefficient (Wildman–Crippen LogP) is 4.49. The van der Waals surface area contributed by atoms with Gasteiger partial charge in [-0.05, 0) is 59.7 Å². The lowest BCUT2D eigenvalue weighted by Gasteiger charge is -2.33. The Labute approximate surface area is 290 Å². The zero-order valence-electron chi connectivity index (χ0n) is 28.1. The Morgan fingerprint density at radius 3 is 2.12 bits per heavy atom. The Bertz CT molecular complexity index is 1850. The molecule has 0 aromatic heterocycles. The number of ketones is 1. The molecule has 2 aliphatic heterocycles. The van der Waals surface area contributed by atoms with Gasteiger partial charge < -0.3 is 34.1 Å². The Morgan fingerprint density at radius 2 is 1.48 bits per heavy atom. The van der Waals surface area contributed by atoms with Crippen molar-refractivity contribution in [3.63, 3.8) is 0 Å². The number of carbonyl (C=O) groups excluding carboxylic acids is 4. The molecule has 0 bridgehead atoms. The number of para-hydroxylation sites is 1. The molecular weight excluding hydrogens is 640 g/mol. The molecule has 6 rings (SSSR count). The third kappa shape index (κ3) is 6.96. The first kappa shape index (κ1) is 34.0. The molecule has 12 heteroatoms. The van der Waals surface area contributed by atoms with Gasteiger partial charge in [0.25, 0.3) is 17.6 Å². The molecule has 0 spiro atoms. The molecular formula is C38H38N4O8. The molecule has 1 unspecified atom stereocenters. The van der Waals surface area contributed by atoms with Crippen molar-refractivity contribution in [1.82, 2.24) is 4.90 Å². The summed E-state index contributed by atoms with van der Waals surface area (Å²) in [5.74, 6) is -1.70. The van der Waals surface area contributed by atoms with Gasteiger partial charge in [-0.3, -0.25) is 24.1 Å². The van der Waals surface area contributed by atoms with Crippen molar-refractivity contribution in [2.24, 2.45) is 0 Å². The number of nitrogens with one attached hydrogen (secondary N) is 1. The Morgan fingerprint density at radius 1 is 0.840 bits per heavy atom. The van der Waals surface area contributed by atoms with Crippen LogP contribution >= 0.6 is 0 Å². The summed E-state index contributed by atoms with van der Waals surface area (Å²) >= 11 is 0. The van der Waals surface area contributed by atoms with Crippen LogP contribution in [-0.2, 0) is 25.7 Å². The lowest BCUT2D eigenvalue weighted by molar-refractivity contribution is -0.139. The number of hydrogen-bond donors (Lipinski definition) is 1. The van der Waals surface area contributed by atoms with E-state index in [4.69, 9.17) is 18.9 Å². The van der Waals surface area contributed by atoms with Crippen molar-refractivity contribution < 1.29 is 38.1 Å². The maximum atomic E-state index is 14.6. The fourth-order valence-electron chi connectivity index (χ4n) is 6.25. The summed E-state index contributed by atoms with van der Waals surface area (Å²) in [5, 5.41) is 3.00. The maximum Gasteiger partial charge on any atom is 0.299 e. The molecule has 1 N–H and O–H groups in total. The van der Waals surface area contributed by atoms with E-state index >= 15 is 0 Å². The van der Waals surface area contributed by atoms with E-state index in [0.29, 0.717) is 35.9 Å². The summed E-state index contributed by atoms with van der Waals surface area (Å²) in [6.07, 6.45) is 0. The summed E-state index contributed by atoms with van der Waals surface area (Å²) in [4.78, 5) is 59.8. The highest BCUT2D eigenvalue weighted by Gasteiger charge is 2.40. The molecule has 4 aromatic carbocycles. The summed E-state index contributed by atoms with van der Waals surface area (Å²) in [5.41, 5.74) is 3.19. The second-order valence-electron chi connectivity index (χ2n) is 11.7. The van der Waals surface area contributed by atoms with E-state index in [-0.39, 0.29) is 23.6 Å². The maximum absolute atomic E-state index is 14.6. The first-order valence-corrected chi connectivity index (χ1v) is 16.1. The number of ether oxygens (including phenoxy) is 4. The molecule has 2 heterocycles. The number of hydrogen-bond acceptors (Lipinski definition) is 9. The lowest BCUT2D eigenvalue weighted by atomic mass is 10.0. The van der Waals surface area contributed by atoms with Crippen molar-refractivity contribution in [1.29, 1.82) is 0 Å². The average Bonchev–Trinajstić information content (AvgIpc) is 3.39. The molecule has 4 aromatic rings. The van der Waals surface area contributed by atoms with Gasteiger partial charge in [0, 0.05) is 31.0 Å². The van der Waals surface area contributed by atoms with Crippen molar-refractivity contribution in [2.45, 2.75) is 12.6 Å². The number of fused-ring (bicyclic) bond motifs is 1. The number of Topliss-reactive ketones (excluding diaryl/α,β-unsaturated/α-hetero) is 1. The number of nitrogens with zero attached hydrogens (tertiary/aromatic N) is 3. The minimum atomic E-state index is -1.25. The number of amides is 3. The third-order valence-electron chi connectivity index (χ3n) is 8.76. The van der Waals surface area contributed by atoms with Gasteiger partial charge >= 0.3 is 0 Å². The number of benzene rings is 4. The van der Waals surface area contributed by atoms with Gasteiger partial charge in [0.1, 0.15) is 12.6 Å². The largest absolute Gasteiger partial charge is 0.493 e. The van der Waals surface area contributed by atoms with E-state index in [9.17, 15) is 19.2 Å². The van der Waals surface area contributed by atoms with Crippen LogP contribution in [0, 0.1) is 0 Å². The first-order valence-electron chi connectivity index (χ1n) is 16.1. The molecule has 12 nitrogen and oxygen atoms in total. The lowest BCUT2D eigenvalue weighted by Crippen LogP contribution is -2.46. The van der Waals surface area contributed by atoms with Gasteiger partial charge in [0.05, 0.1) is 45.8 Å². The van der Waals surface area contributed by atoms with Crippen LogP contribution in [0.3, 0.4) is 0 Å². The van der Waals surface area contributed by atoms with Crippen LogP contribution in [0.5, 0.6) is 17.2 Å². The highest BCUT2D eigenvalue weighted by molar-refractivity contribution is 6.52. The van der Waals surface area contributed by atoms with Crippen LogP contribution < -0.4 is 29.3 Å². The number of rotatable bonds is 12. The van der Waals surface area contributed by atoms with Crippen molar-refractivity contribution in [3.8, 4) is 17.2 Å². The molecule has 2 aliphatic rings. The second kappa shape index (κ2) is 15.1. The van der Waals surface area contributed by atoms with E-state index in [0.717, 1.165) is 29.2 Å². The summed E-state index contributed by atoms with van der Waals surface area (Å²) < 4.78 is 22.3. The first-order chi connectivity index (χ1) is 24.3. The average molecular weight is 679 g/mol. The van der Waals surface area contributed by atoms with E-state index in [2.05, 4.69) is 10.2 Å². The monoisotopic (exact) mass is 678 g/mol. The van der Waals surface area contributed by atoms with Crippen molar-refractivity contribution in [2.75, 3.05) is 69.3 Å². The van der Waals surface area contributed by atoms with Gasteiger partial charge in [-0.1, -0.05) is 42.5 Å². The molecule has 50 heavy (non-hydrogen) atoms. The third-order valence-corrected chi connectivity index (χ3v) is 8.76. The van der Waals surface area contributed by atoms with Crippen LogP contribution in [0.4, 0.5) is 17.1 Å². The highest BCUT2D eigenvalue weighted by atomic mass is 16.5. The minimum Gasteiger partial charge on any atom is -0.493 e. The van der Waals surface area contributed by atoms with Crippen molar-refractivity contribution in [3.05, 3.63) is 108 Å². The van der Waals surface area contributed by atoms with Crippen LogP contribution in [0.2, 0.25) is 0 Å². The predicted molar refractivity (Wildman–Crippen MR) is 187 cm³/mol. The van der Waals surface area contributed by atoms with E-state index in [1.165, 1.54) is 26.2 Å². The van der Waals surface area contributed by atoms with E-state index in [1.54, 1.807) is 36.4 Å². The molecule has 0 aliphatic carbocycles. The van der Waals surface area contributed by atoms with Gasteiger partial charge in [0.2, 0.25) is 11.7 Å². The number of methoxy groups -OCH3 is 3. The normalized spacial score (nSPS) is 14.5. The molecule has 3 amide bonds. The second-order valence-corrected chi connectivity index (χ2v) is 11.7. The summed E-state index contributed by atoms with van der Waals surface area (Å²) in [7, 11) is 4.40. The zero-order chi connectivity index (χ0) is 35.2. The summed E-state index contributed by atoms with van der Waals surface area (Å²) in [6, 6.07) is 25.2. The van der Waals surface area contributed by atoms with Crippen LogP contribution in [-0.4, -0.2) is 82.6 Å². The summed E-state index contributed by atoms with van der Waals surface area (Å²) in [6.45, 7) is 2.34. The fourth-order valence-corrected chi connectivity index (χ4v) is 6.25. The molecule has 0 saturated carbocycles. The van der Waals surface area contributed by atoms with Crippen molar-refractivity contribution >= 4 is 40.6 Å². The molecule has 1 saturated heterocycles. The fraction of sp³-hybridized carbons (Fsp3) is 0.263. The van der Waals surface area contributed by atoms with Gasteiger partial charge in [0.15, 0.2) is 11.5 Å². The zero-order valence-corrected chi connectivity index (χ0v) is 28.1. The smallest absolute Gasteiger partial charge is 0.299 e. The van der Waals surface area contributed by atoms with Crippen LogP contribution in [0.1, 0.15) is 27.5 Å². The molecule has 1 atom stereocenters. The molecule has 258 valence electrons. The SMILES string of the molecule is COc1cc(C(C(=O)Nc2ccc(N3CCOCC3)cc2)N(Cc2ccccc2)C(=O)CN2C(=O)C(=O)c3ccccc32)cc(OC)c1OC. The van der Waals surface area contributed by atoms with E-state index in [1.807, 2.05) is 54.6 Å². The highest BCUT2D eigenvalue weighted by Crippen LogP contribution is 2.41. The Balaban J connectivity index is 1.41. The van der Waals surface area contributed by atoms with Crippen LogP contribution in [0.25, 0.3) is 0 Å². The Kier molecular flexibility index (Phi) is 10.3. The number of anilines is 3. The van der Waals surface area contributed by atoms with Crippen LogP contribution in [0.15, 0.2) is 91.0 Å². The van der Waals surface area contributed by atoms with E-state index < -0.39 is 36.1 Å². The minimum absolute atomic E-state index is 0.00200. The van der Waals surface area contributed by atoms with Gasteiger partial charge in [-0.15, -0.1) is 0 Å².